The number of phenolic OH excluding ortho intramolecular Hbond substituents is 11. The summed E-state index contributed by atoms with van der Waals surface area (Å²) in [7, 11) is 0. The Kier molecular flexibility index (Phi) is 7.28. The van der Waals surface area contributed by atoms with Crippen LogP contribution in [0, 0.1) is 0 Å². The SMILES string of the molecule is O=C(OC1Cc2c(O)cc3c(c2OC1c1ccc(O)c(O)c1)C1c2c(O)cc(O)cc2OC(c2cc(O)c(O)c(O)c2)(O3)C1O)c1cc(O)c(O)c(O)c1. The maximum Gasteiger partial charge on any atom is 0.338 e. The lowest BCUT2D eigenvalue weighted by atomic mass is 9.74. The van der Waals surface area contributed by atoms with E-state index in [-0.39, 0.29) is 57.1 Å². The largest absolute Gasteiger partial charge is 0.508 e. The maximum atomic E-state index is 13.4. The lowest BCUT2D eigenvalue weighted by Gasteiger charge is -2.50. The number of fused-ring (bicyclic) bond motifs is 8. The molecular formula is C37H28O17. The minimum absolute atomic E-state index is 0.00302. The Hall–Kier alpha value is -7.27. The number of rotatable bonds is 4. The van der Waals surface area contributed by atoms with Gasteiger partial charge in [0.05, 0.1) is 11.5 Å². The van der Waals surface area contributed by atoms with Gasteiger partial charge in [-0.25, -0.2) is 4.79 Å². The number of carbonyl (C=O) groups excluding carboxylic acids is 1. The quantitative estimate of drug-likeness (QED) is 0.0926. The summed E-state index contributed by atoms with van der Waals surface area (Å²) in [4.78, 5) is 13.4. The summed E-state index contributed by atoms with van der Waals surface area (Å²) in [6, 6.07) is 10.4. The van der Waals surface area contributed by atoms with Gasteiger partial charge in [-0.15, -0.1) is 0 Å². The number of benzene rings is 5. The molecule has 0 aliphatic carbocycles. The molecule has 0 amide bonds. The normalized spacial score (nSPS) is 22.0. The zero-order valence-corrected chi connectivity index (χ0v) is 27.2. The van der Waals surface area contributed by atoms with Crippen molar-refractivity contribution in [2.24, 2.45) is 0 Å². The molecule has 0 radical (unpaired) electrons. The number of aliphatic hydroxyl groups excluding tert-OH is 1. The highest BCUT2D eigenvalue weighted by molar-refractivity contribution is 5.91. The first-order valence-corrected chi connectivity index (χ1v) is 16.0. The Bertz CT molecular complexity index is 2380. The molecule has 17 heteroatoms. The van der Waals surface area contributed by atoms with Crippen molar-refractivity contribution in [1.29, 1.82) is 0 Å². The molecule has 5 aromatic rings. The molecule has 8 rings (SSSR count). The van der Waals surface area contributed by atoms with Crippen molar-refractivity contribution in [1.82, 2.24) is 0 Å². The molecule has 3 heterocycles. The Labute approximate surface area is 301 Å². The van der Waals surface area contributed by atoms with Crippen LogP contribution in [-0.4, -0.2) is 79.5 Å². The van der Waals surface area contributed by atoms with Gasteiger partial charge in [0.15, 0.2) is 52.1 Å². The molecule has 12 N–H and O–H groups in total. The zero-order valence-electron chi connectivity index (χ0n) is 27.2. The van der Waals surface area contributed by atoms with Crippen LogP contribution in [0.4, 0.5) is 0 Å². The number of hydrogen-bond acceptors (Lipinski definition) is 17. The van der Waals surface area contributed by atoms with Crippen molar-refractivity contribution in [3.05, 3.63) is 94.0 Å². The van der Waals surface area contributed by atoms with E-state index >= 15 is 0 Å². The molecule has 2 bridgehead atoms. The predicted octanol–water partition coefficient (Wildman–Crippen LogP) is 3.48. The van der Waals surface area contributed by atoms with Crippen LogP contribution in [0.1, 0.15) is 50.2 Å². The first kappa shape index (κ1) is 33.9. The summed E-state index contributed by atoms with van der Waals surface area (Å²) in [6.45, 7) is 0. The first-order chi connectivity index (χ1) is 25.6. The van der Waals surface area contributed by atoms with E-state index in [9.17, 15) is 66.1 Å². The van der Waals surface area contributed by atoms with Gasteiger partial charge < -0.3 is 80.2 Å². The van der Waals surface area contributed by atoms with Crippen LogP contribution in [0.2, 0.25) is 0 Å². The van der Waals surface area contributed by atoms with E-state index in [4.69, 9.17) is 18.9 Å². The number of phenols is 11. The van der Waals surface area contributed by atoms with Crippen molar-refractivity contribution in [2.75, 3.05) is 0 Å². The summed E-state index contributed by atoms with van der Waals surface area (Å²) in [5.74, 6) is -13.1. The summed E-state index contributed by atoms with van der Waals surface area (Å²) < 4.78 is 24.6. The molecule has 17 nitrogen and oxygen atoms in total. The van der Waals surface area contributed by atoms with E-state index in [2.05, 4.69) is 0 Å². The monoisotopic (exact) mass is 744 g/mol. The van der Waals surface area contributed by atoms with Gasteiger partial charge in [-0.05, 0) is 36.4 Å². The van der Waals surface area contributed by atoms with Gasteiger partial charge in [0.1, 0.15) is 46.7 Å². The molecule has 0 aromatic heterocycles. The van der Waals surface area contributed by atoms with E-state index in [1.165, 1.54) is 6.07 Å². The fourth-order valence-electron chi connectivity index (χ4n) is 7.17. The molecule has 0 fully saturated rings. The molecule has 0 saturated carbocycles. The van der Waals surface area contributed by atoms with Crippen molar-refractivity contribution < 1.29 is 85.0 Å². The van der Waals surface area contributed by atoms with Crippen molar-refractivity contribution in [3.63, 3.8) is 0 Å². The van der Waals surface area contributed by atoms with E-state index in [0.29, 0.717) is 0 Å². The average molecular weight is 745 g/mol. The summed E-state index contributed by atoms with van der Waals surface area (Å²) in [6.07, 6.45) is -4.91. The summed E-state index contributed by atoms with van der Waals surface area (Å²) in [5, 5.41) is 126. The van der Waals surface area contributed by atoms with Crippen LogP contribution >= 0.6 is 0 Å². The molecule has 0 spiro atoms. The van der Waals surface area contributed by atoms with Gasteiger partial charge in [0, 0.05) is 52.4 Å². The second-order valence-corrected chi connectivity index (χ2v) is 12.9. The Balaban J connectivity index is 1.32. The lowest BCUT2D eigenvalue weighted by Crippen LogP contribution is -2.57. The number of hydrogen-bond donors (Lipinski definition) is 12. The van der Waals surface area contributed by atoms with Gasteiger partial charge in [-0.2, -0.15) is 0 Å². The Morgan fingerprint density at radius 1 is 0.648 bits per heavy atom. The van der Waals surface area contributed by atoms with Gasteiger partial charge >= 0.3 is 11.8 Å². The third-order valence-electron chi connectivity index (χ3n) is 9.67. The fraction of sp³-hybridized carbons (Fsp3) is 0.162. The van der Waals surface area contributed by atoms with Gasteiger partial charge in [0.25, 0.3) is 0 Å². The highest BCUT2D eigenvalue weighted by atomic mass is 16.7. The van der Waals surface area contributed by atoms with Gasteiger partial charge in [0.2, 0.25) is 0 Å². The van der Waals surface area contributed by atoms with Crippen LogP contribution in [0.5, 0.6) is 80.5 Å². The average Bonchev–Trinajstić information content (AvgIpc) is 3.10. The maximum absolute atomic E-state index is 13.4. The molecule has 54 heavy (non-hydrogen) atoms. The second kappa shape index (κ2) is 11.6. The number of esters is 1. The highest BCUT2D eigenvalue weighted by Gasteiger charge is 2.60. The van der Waals surface area contributed by atoms with Crippen LogP contribution < -0.4 is 14.2 Å². The molecule has 5 atom stereocenters. The molecular weight excluding hydrogens is 716 g/mol. The van der Waals surface area contributed by atoms with Crippen LogP contribution in [0.25, 0.3) is 0 Å². The molecule has 5 aromatic carbocycles. The lowest BCUT2D eigenvalue weighted by molar-refractivity contribution is -0.219. The number of aromatic hydroxyl groups is 11. The van der Waals surface area contributed by atoms with Crippen LogP contribution in [0.15, 0.2) is 60.7 Å². The molecule has 278 valence electrons. The van der Waals surface area contributed by atoms with Gasteiger partial charge in [-0.1, -0.05) is 6.07 Å². The van der Waals surface area contributed by atoms with E-state index in [0.717, 1.165) is 54.6 Å². The smallest absolute Gasteiger partial charge is 0.338 e. The standard InChI is InChI=1S/C37H28O17/c38-15-8-20(42)28-25(9-15)53-37(14-6-23(45)32(48)24(46)7-14)35(49)30(28)29-26(54-37)11-18(40)16-10-27(51-36(50)13-4-21(43)31(47)22(44)5-13)33(52-34(16)29)12-1-2-17(39)19(41)3-12/h1-9,11,27,30,33,35,38-49H,10H2. The Morgan fingerprint density at radius 3 is 1.89 bits per heavy atom. The second-order valence-electron chi connectivity index (χ2n) is 12.9. The van der Waals surface area contributed by atoms with Crippen molar-refractivity contribution >= 4 is 5.97 Å². The van der Waals surface area contributed by atoms with Crippen LogP contribution in [0.3, 0.4) is 0 Å². The van der Waals surface area contributed by atoms with Gasteiger partial charge in [-0.3, -0.25) is 0 Å². The topological polar surface area (TPSA) is 297 Å². The number of ether oxygens (including phenoxy) is 4. The van der Waals surface area contributed by atoms with E-state index in [1.807, 2.05) is 0 Å². The molecule has 5 unspecified atom stereocenters. The van der Waals surface area contributed by atoms with Crippen LogP contribution in [-0.2, 0) is 16.9 Å². The van der Waals surface area contributed by atoms with Crippen molar-refractivity contribution in [3.8, 4) is 80.5 Å². The van der Waals surface area contributed by atoms with E-state index < -0.39 is 99.2 Å². The highest BCUT2D eigenvalue weighted by Crippen LogP contribution is 2.63. The fourth-order valence-corrected chi connectivity index (χ4v) is 7.17. The minimum Gasteiger partial charge on any atom is -0.508 e. The summed E-state index contributed by atoms with van der Waals surface area (Å²) >= 11 is 0. The summed E-state index contributed by atoms with van der Waals surface area (Å²) in [5.41, 5.74) is -0.563. The predicted molar refractivity (Wildman–Crippen MR) is 178 cm³/mol. The Morgan fingerprint density at radius 2 is 1.26 bits per heavy atom. The van der Waals surface area contributed by atoms with Crippen molar-refractivity contribution in [2.45, 2.75) is 36.4 Å². The van der Waals surface area contributed by atoms with E-state index in [1.54, 1.807) is 0 Å². The zero-order chi connectivity index (χ0) is 38.5. The third-order valence-corrected chi connectivity index (χ3v) is 9.67. The first-order valence-electron chi connectivity index (χ1n) is 16.0. The molecule has 3 aliphatic heterocycles. The molecule has 3 aliphatic rings. The minimum atomic E-state index is -2.37. The third kappa shape index (κ3) is 4.93. The number of carbonyl (C=O) groups is 1. The molecule has 0 saturated heterocycles. The number of aliphatic hydroxyl groups is 1.